The zero-order chi connectivity index (χ0) is 16.2. The number of rotatable bonds is 4. The van der Waals surface area contributed by atoms with Gasteiger partial charge in [-0.2, -0.15) is 0 Å². The minimum atomic E-state index is 0.0409. The van der Waals surface area contributed by atoms with Crippen LogP contribution in [0.25, 0.3) is 0 Å². The molecule has 2 aromatic rings. The van der Waals surface area contributed by atoms with Crippen LogP contribution in [0.3, 0.4) is 0 Å². The van der Waals surface area contributed by atoms with E-state index < -0.39 is 0 Å². The van der Waals surface area contributed by atoms with Gasteiger partial charge in [-0.1, -0.05) is 6.07 Å². The average molecular weight is 329 g/mol. The molecule has 122 valence electrons. The third-order valence-electron chi connectivity index (χ3n) is 4.24. The second-order valence-corrected chi connectivity index (χ2v) is 7.13. The number of carbonyl (C=O) groups excluding carboxylic acids is 1. The van der Waals surface area contributed by atoms with Crippen molar-refractivity contribution in [3.05, 3.63) is 46.2 Å². The summed E-state index contributed by atoms with van der Waals surface area (Å²) in [6.45, 7) is 6.42. The molecule has 2 heterocycles. The van der Waals surface area contributed by atoms with Crippen LogP contribution in [-0.2, 0) is 11.2 Å². The zero-order valence-corrected chi connectivity index (χ0v) is 14.5. The van der Waals surface area contributed by atoms with Gasteiger partial charge < -0.3 is 15.1 Å². The number of hydrogen-bond donors (Lipinski definition) is 1. The first kappa shape index (κ1) is 16.0. The van der Waals surface area contributed by atoms with E-state index in [1.54, 1.807) is 11.3 Å². The van der Waals surface area contributed by atoms with Crippen LogP contribution < -0.4 is 10.2 Å². The fraction of sp³-hybridized carbons (Fsp3) is 0.389. The molecule has 1 aromatic carbocycles. The molecule has 1 fully saturated rings. The molecule has 1 amide bonds. The molecule has 0 saturated carbocycles. The first-order chi connectivity index (χ1) is 11.1. The van der Waals surface area contributed by atoms with E-state index in [-0.39, 0.29) is 5.91 Å². The highest BCUT2D eigenvalue weighted by molar-refractivity contribution is 7.10. The number of thiophene rings is 1. The summed E-state index contributed by atoms with van der Waals surface area (Å²) in [6, 6.07) is 10.2. The highest BCUT2D eigenvalue weighted by Crippen LogP contribution is 2.24. The first-order valence-electron chi connectivity index (χ1n) is 7.98. The van der Waals surface area contributed by atoms with Gasteiger partial charge in [-0.3, -0.25) is 4.79 Å². The summed E-state index contributed by atoms with van der Waals surface area (Å²) in [4.78, 5) is 18.0. The predicted octanol–water partition coefficient (Wildman–Crippen LogP) is 2.99. The first-order valence-corrected chi connectivity index (χ1v) is 8.86. The number of aryl methyl sites for hydroxylation is 1. The number of hydrogen-bond acceptors (Lipinski definition) is 4. The lowest BCUT2D eigenvalue weighted by atomic mass is 10.1. The van der Waals surface area contributed by atoms with Gasteiger partial charge in [0.2, 0.25) is 5.91 Å². The van der Waals surface area contributed by atoms with E-state index in [9.17, 15) is 4.79 Å². The molecule has 0 spiro atoms. The highest BCUT2D eigenvalue weighted by Gasteiger charge is 2.16. The maximum Gasteiger partial charge on any atom is 0.229 e. The number of likely N-dealkylation sites (N-methyl/N-ethyl adjacent to an activating group) is 1. The number of benzene rings is 1. The summed E-state index contributed by atoms with van der Waals surface area (Å²) < 4.78 is 0. The average Bonchev–Trinajstić information content (AvgIpc) is 3.01. The molecule has 1 aromatic heterocycles. The molecule has 1 saturated heterocycles. The van der Waals surface area contributed by atoms with Gasteiger partial charge in [-0.15, -0.1) is 11.3 Å². The molecule has 4 nitrogen and oxygen atoms in total. The van der Waals surface area contributed by atoms with E-state index in [4.69, 9.17) is 0 Å². The van der Waals surface area contributed by atoms with E-state index in [1.165, 1.54) is 11.3 Å². The largest absolute Gasteiger partial charge is 0.369 e. The molecule has 0 atom stereocenters. The number of anilines is 2. The molecular weight excluding hydrogens is 306 g/mol. The lowest BCUT2D eigenvalue weighted by Gasteiger charge is -2.35. The number of amides is 1. The lowest BCUT2D eigenvalue weighted by molar-refractivity contribution is -0.115. The lowest BCUT2D eigenvalue weighted by Crippen LogP contribution is -2.44. The zero-order valence-electron chi connectivity index (χ0n) is 13.7. The van der Waals surface area contributed by atoms with Crippen molar-refractivity contribution >= 4 is 28.6 Å². The Labute approximate surface area is 141 Å². The molecule has 1 aliphatic rings. The van der Waals surface area contributed by atoms with Crippen molar-refractivity contribution in [1.29, 1.82) is 0 Å². The highest BCUT2D eigenvalue weighted by atomic mass is 32.1. The van der Waals surface area contributed by atoms with Crippen LogP contribution in [-0.4, -0.2) is 44.0 Å². The second kappa shape index (κ2) is 7.15. The Bertz CT molecular complexity index is 661. The number of piperazine rings is 1. The smallest absolute Gasteiger partial charge is 0.229 e. The standard InChI is InChI=1S/C18H23N3OS/c1-14-12-15(19-18(22)13-16-4-3-11-23-16)5-6-17(14)21-9-7-20(2)8-10-21/h3-6,11-12H,7-10,13H2,1-2H3,(H,19,22). The van der Waals surface area contributed by atoms with Crippen LogP contribution in [0.4, 0.5) is 11.4 Å². The Morgan fingerprint density at radius 2 is 2.00 bits per heavy atom. The van der Waals surface area contributed by atoms with E-state index in [1.807, 2.05) is 23.6 Å². The van der Waals surface area contributed by atoms with Crippen molar-refractivity contribution in [2.75, 3.05) is 43.4 Å². The molecule has 0 bridgehead atoms. The van der Waals surface area contributed by atoms with Crippen molar-refractivity contribution in [3.63, 3.8) is 0 Å². The van der Waals surface area contributed by atoms with Gasteiger partial charge in [0.1, 0.15) is 0 Å². The molecule has 23 heavy (non-hydrogen) atoms. The van der Waals surface area contributed by atoms with Crippen molar-refractivity contribution in [3.8, 4) is 0 Å². The summed E-state index contributed by atoms with van der Waals surface area (Å²) in [5, 5.41) is 5.00. The van der Waals surface area contributed by atoms with E-state index in [0.717, 1.165) is 36.7 Å². The van der Waals surface area contributed by atoms with Crippen molar-refractivity contribution in [2.45, 2.75) is 13.3 Å². The molecule has 0 unspecified atom stereocenters. The van der Waals surface area contributed by atoms with Crippen LogP contribution >= 0.6 is 11.3 Å². The summed E-state index contributed by atoms with van der Waals surface area (Å²) >= 11 is 1.61. The van der Waals surface area contributed by atoms with Gasteiger partial charge in [0.05, 0.1) is 6.42 Å². The van der Waals surface area contributed by atoms with Gasteiger partial charge >= 0.3 is 0 Å². The monoisotopic (exact) mass is 329 g/mol. The fourth-order valence-electron chi connectivity index (χ4n) is 2.91. The van der Waals surface area contributed by atoms with Gasteiger partial charge in [-0.25, -0.2) is 0 Å². The molecule has 5 heteroatoms. The van der Waals surface area contributed by atoms with Crippen molar-refractivity contribution in [1.82, 2.24) is 4.90 Å². The minimum Gasteiger partial charge on any atom is -0.369 e. The van der Waals surface area contributed by atoms with Crippen molar-refractivity contribution < 1.29 is 4.79 Å². The van der Waals surface area contributed by atoms with Crippen LogP contribution in [0.2, 0.25) is 0 Å². The molecule has 0 radical (unpaired) electrons. The van der Waals surface area contributed by atoms with E-state index in [0.29, 0.717) is 6.42 Å². The van der Waals surface area contributed by atoms with Gasteiger partial charge in [0.25, 0.3) is 0 Å². The molecular formula is C18H23N3OS. The van der Waals surface area contributed by atoms with Gasteiger partial charge in [-0.05, 0) is 49.2 Å². The summed E-state index contributed by atoms with van der Waals surface area (Å²) in [5.74, 6) is 0.0409. The normalized spacial score (nSPS) is 15.7. The van der Waals surface area contributed by atoms with Crippen molar-refractivity contribution in [2.24, 2.45) is 0 Å². The fourth-order valence-corrected chi connectivity index (χ4v) is 3.62. The third-order valence-corrected chi connectivity index (χ3v) is 5.12. The van der Waals surface area contributed by atoms with E-state index >= 15 is 0 Å². The Morgan fingerprint density at radius 3 is 2.65 bits per heavy atom. The van der Waals surface area contributed by atoms with E-state index in [2.05, 4.69) is 41.2 Å². The Hall–Kier alpha value is -1.85. The number of carbonyl (C=O) groups is 1. The Kier molecular flexibility index (Phi) is 4.98. The molecule has 0 aliphatic carbocycles. The summed E-state index contributed by atoms with van der Waals surface area (Å²) in [7, 11) is 2.16. The van der Waals surface area contributed by atoms with Gasteiger partial charge in [0, 0.05) is 42.4 Å². The number of nitrogens with one attached hydrogen (secondary N) is 1. The Balaban J connectivity index is 1.63. The van der Waals surface area contributed by atoms with Gasteiger partial charge in [0.15, 0.2) is 0 Å². The quantitative estimate of drug-likeness (QED) is 0.937. The molecule has 3 rings (SSSR count). The maximum atomic E-state index is 12.1. The SMILES string of the molecule is Cc1cc(NC(=O)Cc2cccs2)ccc1N1CCN(C)CC1. The Morgan fingerprint density at radius 1 is 1.22 bits per heavy atom. The predicted molar refractivity (Wildman–Crippen MR) is 97.5 cm³/mol. The molecule has 1 N–H and O–H groups in total. The topological polar surface area (TPSA) is 35.6 Å². The van der Waals surface area contributed by atoms with Crippen LogP contribution in [0.5, 0.6) is 0 Å². The summed E-state index contributed by atoms with van der Waals surface area (Å²) in [6.07, 6.45) is 0.441. The minimum absolute atomic E-state index is 0.0409. The van der Waals surface area contributed by atoms with Crippen LogP contribution in [0.1, 0.15) is 10.4 Å². The summed E-state index contributed by atoms with van der Waals surface area (Å²) in [5.41, 5.74) is 3.36. The number of nitrogens with zero attached hydrogens (tertiary/aromatic N) is 2. The molecule has 1 aliphatic heterocycles. The third kappa shape index (κ3) is 4.12. The van der Waals surface area contributed by atoms with Crippen LogP contribution in [0, 0.1) is 6.92 Å². The second-order valence-electron chi connectivity index (χ2n) is 6.10. The maximum absolute atomic E-state index is 12.1. The van der Waals surface area contributed by atoms with Crippen LogP contribution in [0.15, 0.2) is 35.7 Å².